The standard InChI is InChI=1S/C8H12N2S/c1-2-11-8-6(9)4-3-5-7(8)10/h3-5H,2,9-10H2,1H3. The Hall–Kier alpha value is -0.830. The average molecular weight is 168 g/mol. The van der Waals surface area contributed by atoms with Crippen LogP contribution in [0.4, 0.5) is 11.4 Å². The molecule has 0 aliphatic carbocycles. The molecule has 2 nitrogen and oxygen atoms in total. The highest BCUT2D eigenvalue weighted by atomic mass is 32.2. The summed E-state index contributed by atoms with van der Waals surface area (Å²) >= 11 is 1.68. The Morgan fingerprint density at radius 3 is 2.27 bits per heavy atom. The van der Waals surface area contributed by atoms with Crippen molar-refractivity contribution >= 4 is 23.1 Å². The fraction of sp³-hybridized carbons (Fsp3) is 0.250. The number of hydrogen-bond acceptors (Lipinski definition) is 3. The number of hydrogen-bond donors (Lipinski definition) is 2. The molecule has 0 bridgehead atoms. The molecule has 0 unspecified atom stereocenters. The minimum absolute atomic E-state index is 0.775. The summed E-state index contributed by atoms with van der Waals surface area (Å²) in [6, 6.07) is 5.60. The van der Waals surface area contributed by atoms with Crippen molar-refractivity contribution in [3.63, 3.8) is 0 Å². The van der Waals surface area contributed by atoms with Crippen LogP contribution in [-0.2, 0) is 0 Å². The summed E-state index contributed by atoms with van der Waals surface area (Å²) < 4.78 is 0. The summed E-state index contributed by atoms with van der Waals surface area (Å²) in [5.41, 5.74) is 13.0. The Kier molecular flexibility index (Phi) is 2.65. The largest absolute Gasteiger partial charge is 0.398 e. The molecule has 0 saturated heterocycles. The van der Waals surface area contributed by atoms with Crippen molar-refractivity contribution in [1.82, 2.24) is 0 Å². The molecule has 0 aliphatic rings. The van der Waals surface area contributed by atoms with Gasteiger partial charge in [-0.3, -0.25) is 0 Å². The van der Waals surface area contributed by atoms with Crippen LogP contribution in [0.1, 0.15) is 6.92 Å². The summed E-state index contributed by atoms with van der Waals surface area (Å²) in [7, 11) is 0. The predicted molar refractivity (Wildman–Crippen MR) is 51.7 cm³/mol. The smallest absolute Gasteiger partial charge is 0.0532 e. The van der Waals surface area contributed by atoms with Gasteiger partial charge in [0, 0.05) is 11.4 Å². The second kappa shape index (κ2) is 3.53. The van der Waals surface area contributed by atoms with E-state index in [0.717, 1.165) is 22.0 Å². The van der Waals surface area contributed by atoms with E-state index in [1.807, 2.05) is 18.2 Å². The summed E-state index contributed by atoms with van der Waals surface area (Å²) in [6.45, 7) is 2.08. The second-order valence-electron chi connectivity index (χ2n) is 2.20. The molecular weight excluding hydrogens is 156 g/mol. The Balaban J connectivity index is 3.00. The van der Waals surface area contributed by atoms with Crippen LogP contribution in [0.25, 0.3) is 0 Å². The van der Waals surface area contributed by atoms with Gasteiger partial charge in [-0.2, -0.15) is 0 Å². The molecule has 60 valence electrons. The highest BCUT2D eigenvalue weighted by Crippen LogP contribution is 2.30. The Morgan fingerprint density at radius 1 is 1.27 bits per heavy atom. The summed E-state index contributed by atoms with van der Waals surface area (Å²) in [5, 5.41) is 0. The summed E-state index contributed by atoms with van der Waals surface area (Å²) in [5.74, 6) is 0.998. The summed E-state index contributed by atoms with van der Waals surface area (Å²) in [6.07, 6.45) is 0. The molecule has 1 aromatic carbocycles. The van der Waals surface area contributed by atoms with Gasteiger partial charge >= 0.3 is 0 Å². The first-order chi connectivity index (χ1) is 5.25. The van der Waals surface area contributed by atoms with Gasteiger partial charge in [-0.05, 0) is 17.9 Å². The van der Waals surface area contributed by atoms with Crippen molar-refractivity contribution in [3.05, 3.63) is 18.2 Å². The monoisotopic (exact) mass is 168 g/mol. The van der Waals surface area contributed by atoms with Gasteiger partial charge in [0.25, 0.3) is 0 Å². The molecule has 1 rings (SSSR count). The number of thioether (sulfide) groups is 1. The molecule has 11 heavy (non-hydrogen) atoms. The van der Waals surface area contributed by atoms with E-state index in [4.69, 9.17) is 11.5 Å². The molecule has 0 spiro atoms. The maximum absolute atomic E-state index is 5.71. The molecule has 0 heterocycles. The van der Waals surface area contributed by atoms with Gasteiger partial charge in [0.1, 0.15) is 0 Å². The topological polar surface area (TPSA) is 52.0 Å². The zero-order chi connectivity index (χ0) is 8.27. The van der Waals surface area contributed by atoms with Crippen LogP contribution >= 0.6 is 11.8 Å². The number of anilines is 2. The van der Waals surface area contributed by atoms with E-state index >= 15 is 0 Å². The Labute approximate surface area is 71.0 Å². The van der Waals surface area contributed by atoms with Crippen LogP contribution in [0.15, 0.2) is 23.1 Å². The highest BCUT2D eigenvalue weighted by molar-refractivity contribution is 7.99. The number of rotatable bonds is 2. The molecule has 0 atom stereocenters. The summed E-state index contributed by atoms with van der Waals surface area (Å²) in [4.78, 5) is 1.01. The van der Waals surface area contributed by atoms with E-state index in [1.54, 1.807) is 11.8 Å². The lowest BCUT2D eigenvalue weighted by Crippen LogP contribution is -1.94. The molecule has 0 saturated carbocycles. The maximum Gasteiger partial charge on any atom is 0.0532 e. The first kappa shape index (κ1) is 8.27. The predicted octanol–water partition coefficient (Wildman–Crippen LogP) is 1.96. The molecule has 4 N–H and O–H groups in total. The number of benzene rings is 1. The lowest BCUT2D eigenvalue weighted by atomic mass is 10.3. The SMILES string of the molecule is CCSc1c(N)cccc1N. The van der Waals surface area contributed by atoms with Crippen LogP contribution < -0.4 is 11.5 Å². The number of nitrogens with two attached hydrogens (primary N) is 2. The van der Waals surface area contributed by atoms with Crippen LogP contribution in [0.2, 0.25) is 0 Å². The third-order valence-electron chi connectivity index (χ3n) is 1.36. The molecule has 0 aromatic heterocycles. The second-order valence-corrected chi connectivity index (χ2v) is 3.47. The van der Waals surface area contributed by atoms with Crippen molar-refractivity contribution in [2.45, 2.75) is 11.8 Å². The van der Waals surface area contributed by atoms with Crippen LogP contribution in [-0.4, -0.2) is 5.75 Å². The van der Waals surface area contributed by atoms with Crippen molar-refractivity contribution in [2.75, 3.05) is 17.2 Å². The minimum atomic E-state index is 0.775. The van der Waals surface area contributed by atoms with E-state index in [0.29, 0.717) is 0 Å². The van der Waals surface area contributed by atoms with Gasteiger partial charge in [-0.25, -0.2) is 0 Å². The lowest BCUT2D eigenvalue weighted by Gasteiger charge is -2.05. The maximum atomic E-state index is 5.71. The zero-order valence-electron chi connectivity index (χ0n) is 6.50. The van der Waals surface area contributed by atoms with E-state index in [1.165, 1.54) is 0 Å². The quantitative estimate of drug-likeness (QED) is 0.524. The lowest BCUT2D eigenvalue weighted by molar-refractivity contribution is 1.43. The average Bonchev–Trinajstić information content (AvgIpc) is 1.97. The van der Waals surface area contributed by atoms with Gasteiger partial charge < -0.3 is 11.5 Å². The number of nitrogen functional groups attached to an aromatic ring is 2. The van der Waals surface area contributed by atoms with Crippen molar-refractivity contribution in [3.8, 4) is 0 Å². The van der Waals surface area contributed by atoms with Gasteiger partial charge in [-0.15, -0.1) is 11.8 Å². The van der Waals surface area contributed by atoms with Crippen LogP contribution in [0, 0.1) is 0 Å². The third kappa shape index (κ3) is 1.80. The van der Waals surface area contributed by atoms with Crippen molar-refractivity contribution in [2.24, 2.45) is 0 Å². The van der Waals surface area contributed by atoms with Gasteiger partial charge in [0.15, 0.2) is 0 Å². The van der Waals surface area contributed by atoms with Crippen molar-refractivity contribution in [1.29, 1.82) is 0 Å². The Morgan fingerprint density at radius 2 is 1.82 bits per heavy atom. The normalized spacial score (nSPS) is 9.91. The van der Waals surface area contributed by atoms with E-state index in [2.05, 4.69) is 6.92 Å². The fourth-order valence-corrected chi connectivity index (χ4v) is 1.64. The van der Waals surface area contributed by atoms with E-state index in [9.17, 15) is 0 Å². The Bertz CT molecular complexity index is 228. The van der Waals surface area contributed by atoms with Crippen molar-refractivity contribution < 1.29 is 0 Å². The van der Waals surface area contributed by atoms with E-state index in [-0.39, 0.29) is 0 Å². The van der Waals surface area contributed by atoms with Crippen LogP contribution in [0.5, 0.6) is 0 Å². The minimum Gasteiger partial charge on any atom is -0.398 e. The van der Waals surface area contributed by atoms with E-state index < -0.39 is 0 Å². The van der Waals surface area contributed by atoms with Gasteiger partial charge in [0.2, 0.25) is 0 Å². The molecule has 0 aliphatic heterocycles. The molecule has 3 heteroatoms. The molecule has 0 radical (unpaired) electrons. The first-order valence-corrected chi connectivity index (χ1v) is 4.51. The molecule has 1 aromatic rings. The van der Waals surface area contributed by atoms with Gasteiger partial charge in [0.05, 0.1) is 4.90 Å². The third-order valence-corrected chi connectivity index (χ3v) is 2.41. The zero-order valence-corrected chi connectivity index (χ0v) is 7.32. The van der Waals surface area contributed by atoms with Crippen LogP contribution in [0.3, 0.4) is 0 Å². The molecule has 0 fully saturated rings. The van der Waals surface area contributed by atoms with Gasteiger partial charge in [-0.1, -0.05) is 13.0 Å². The fourth-order valence-electron chi connectivity index (χ4n) is 0.884. The first-order valence-electron chi connectivity index (χ1n) is 3.52. The molecule has 0 amide bonds. The molecular formula is C8H12N2S. The highest BCUT2D eigenvalue weighted by Gasteiger charge is 2.01.